The lowest BCUT2D eigenvalue weighted by Gasteiger charge is -2.32. The summed E-state index contributed by atoms with van der Waals surface area (Å²) in [5.41, 5.74) is 0. The van der Waals surface area contributed by atoms with Crippen LogP contribution < -0.4 is 10.6 Å². The minimum atomic E-state index is -0.250. The molecule has 1 aromatic rings. The monoisotopic (exact) mass is 325 g/mol. The van der Waals surface area contributed by atoms with E-state index in [1.54, 1.807) is 23.3 Å². The van der Waals surface area contributed by atoms with Gasteiger partial charge in [-0.25, -0.2) is 9.78 Å². The number of ether oxygens (including phenoxy) is 1. The summed E-state index contributed by atoms with van der Waals surface area (Å²) in [4.78, 5) is 23.0. The Morgan fingerprint density at radius 1 is 1.55 bits per heavy atom. The number of likely N-dealkylation sites (tertiary alicyclic amines) is 1. The number of aliphatic imine (C=N–C) groups is 1. The van der Waals surface area contributed by atoms with Gasteiger partial charge in [-0.15, -0.1) is 11.3 Å². The quantitative estimate of drug-likeness (QED) is 0.648. The lowest BCUT2D eigenvalue weighted by Crippen LogP contribution is -2.49. The van der Waals surface area contributed by atoms with E-state index in [1.165, 1.54) is 12.0 Å². The van der Waals surface area contributed by atoms with Gasteiger partial charge in [0.05, 0.1) is 13.7 Å². The van der Waals surface area contributed by atoms with Crippen molar-refractivity contribution in [3.63, 3.8) is 0 Å². The molecule has 1 fully saturated rings. The van der Waals surface area contributed by atoms with Crippen LogP contribution in [0.4, 0.5) is 4.79 Å². The molecule has 1 aliphatic heterocycles. The molecule has 1 saturated heterocycles. The average Bonchev–Trinajstić information content (AvgIpc) is 2.96. The third-order valence-electron chi connectivity index (χ3n) is 3.57. The first-order valence-electron chi connectivity index (χ1n) is 7.33. The van der Waals surface area contributed by atoms with E-state index < -0.39 is 0 Å². The van der Waals surface area contributed by atoms with Crippen LogP contribution in [0, 0.1) is 6.92 Å². The summed E-state index contributed by atoms with van der Waals surface area (Å²) < 4.78 is 4.74. The molecule has 0 aliphatic carbocycles. The van der Waals surface area contributed by atoms with Gasteiger partial charge >= 0.3 is 6.09 Å². The molecular formula is C14H23N5O2S. The van der Waals surface area contributed by atoms with Crippen molar-refractivity contribution in [3.05, 3.63) is 16.1 Å². The van der Waals surface area contributed by atoms with Crippen LogP contribution in [0.15, 0.2) is 11.2 Å². The second-order valence-electron chi connectivity index (χ2n) is 5.17. The van der Waals surface area contributed by atoms with E-state index in [1.807, 2.05) is 13.1 Å². The van der Waals surface area contributed by atoms with Crippen molar-refractivity contribution in [3.8, 4) is 0 Å². The number of nitrogens with zero attached hydrogens (tertiary/aromatic N) is 3. The Labute approximate surface area is 134 Å². The van der Waals surface area contributed by atoms with Crippen LogP contribution >= 0.6 is 11.3 Å². The van der Waals surface area contributed by atoms with Crippen molar-refractivity contribution < 1.29 is 9.53 Å². The van der Waals surface area contributed by atoms with Gasteiger partial charge in [0.2, 0.25) is 0 Å². The minimum Gasteiger partial charge on any atom is -0.453 e. The first-order chi connectivity index (χ1) is 10.6. The highest BCUT2D eigenvalue weighted by Gasteiger charge is 2.23. The van der Waals surface area contributed by atoms with Gasteiger partial charge in [-0.1, -0.05) is 0 Å². The summed E-state index contributed by atoms with van der Waals surface area (Å²) >= 11 is 1.68. The van der Waals surface area contributed by atoms with Gasteiger partial charge in [0.15, 0.2) is 5.96 Å². The lowest BCUT2D eigenvalue weighted by molar-refractivity contribution is 0.111. The Kier molecular flexibility index (Phi) is 6.00. The molecule has 0 spiro atoms. The predicted octanol–water partition coefficient (Wildman–Crippen LogP) is 1.35. The average molecular weight is 325 g/mol. The number of rotatable bonds is 3. The summed E-state index contributed by atoms with van der Waals surface area (Å²) in [6.07, 6.45) is 3.39. The van der Waals surface area contributed by atoms with Gasteiger partial charge in [-0.3, -0.25) is 4.99 Å². The highest BCUT2D eigenvalue weighted by Crippen LogP contribution is 2.12. The molecule has 8 heteroatoms. The molecule has 0 bridgehead atoms. The predicted molar refractivity (Wildman–Crippen MR) is 87.2 cm³/mol. The van der Waals surface area contributed by atoms with Crippen molar-refractivity contribution in [2.75, 3.05) is 27.2 Å². The van der Waals surface area contributed by atoms with Crippen LogP contribution in [-0.4, -0.2) is 55.2 Å². The van der Waals surface area contributed by atoms with Crippen LogP contribution in [0.3, 0.4) is 0 Å². The number of guanidine groups is 1. The molecule has 0 atom stereocenters. The maximum absolute atomic E-state index is 11.5. The van der Waals surface area contributed by atoms with Gasteiger partial charge in [0, 0.05) is 37.3 Å². The number of amides is 1. The molecule has 2 heterocycles. The van der Waals surface area contributed by atoms with Gasteiger partial charge < -0.3 is 20.3 Å². The van der Waals surface area contributed by atoms with E-state index in [4.69, 9.17) is 4.74 Å². The largest absolute Gasteiger partial charge is 0.453 e. The van der Waals surface area contributed by atoms with E-state index in [-0.39, 0.29) is 6.09 Å². The van der Waals surface area contributed by atoms with Gasteiger partial charge in [-0.05, 0) is 19.8 Å². The molecule has 122 valence electrons. The molecule has 0 aromatic carbocycles. The van der Waals surface area contributed by atoms with E-state index in [2.05, 4.69) is 20.6 Å². The Balaban J connectivity index is 1.76. The number of nitrogens with one attached hydrogen (secondary N) is 2. The molecule has 0 saturated carbocycles. The summed E-state index contributed by atoms with van der Waals surface area (Å²) in [7, 11) is 3.17. The van der Waals surface area contributed by atoms with Crippen molar-refractivity contribution >= 4 is 23.4 Å². The zero-order valence-electron chi connectivity index (χ0n) is 13.3. The smallest absolute Gasteiger partial charge is 0.409 e. The molecule has 1 aromatic heterocycles. The maximum atomic E-state index is 11.5. The van der Waals surface area contributed by atoms with Gasteiger partial charge in [0.25, 0.3) is 0 Å². The number of piperidine rings is 1. The van der Waals surface area contributed by atoms with Gasteiger partial charge in [-0.2, -0.15) is 0 Å². The topological polar surface area (TPSA) is 78.9 Å². The molecular weight excluding hydrogens is 302 g/mol. The number of aryl methyl sites for hydroxylation is 1. The fourth-order valence-corrected chi connectivity index (χ4v) is 3.09. The number of hydrogen-bond acceptors (Lipinski definition) is 5. The standard InChI is InChI=1S/C14H23N5O2S/c1-10-8-16-12(22-10)9-17-13(15-2)18-11-4-6-19(7-5-11)14(20)21-3/h8,11H,4-7,9H2,1-3H3,(H2,15,17,18). The summed E-state index contributed by atoms with van der Waals surface area (Å²) in [6.45, 7) is 4.11. The number of hydrogen-bond donors (Lipinski definition) is 2. The van der Waals surface area contributed by atoms with Crippen LogP contribution in [0.2, 0.25) is 0 Å². The normalized spacial score (nSPS) is 16.5. The first-order valence-corrected chi connectivity index (χ1v) is 8.15. The fourth-order valence-electron chi connectivity index (χ4n) is 2.37. The highest BCUT2D eigenvalue weighted by atomic mass is 32.1. The number of methoxy groups -OCH3 is 1. The van der Waals surface area contributed by atoms with Crippen LogP contribution in [-0.2, 0) is 11.3 Å². The Morgan fingerprint density at radius 3 is 2.82 bits per heavy atom. The Bertz CT molecular complexity index is 523. The van der Waals surface area contributed by atoms with Crippen LogP contribution in [0.5, 0.6) is 0 Å². The fraction of sp³-hybridized carbons (Fsp3) is 0.643. The molecule has 2 rings (SSSR count). The molecule has 2 N–H and O–H groups in total. The van der Waals surface area contributed by atoms with E-state index in [0.29, 0.717) is 25.7 Å². The van der Waals surface area contributed by atoms with Crippen molar-refractivity contribution in [1.82, 2.24) is 20.5 Å². The first kappa shape index (κ1) is 16.5. The zero-order chi connectivity index (χ0) is 15.9. The second kappa shape index (κ2) is 7.98. The second-order valence-corrected chi connectivity index (χ2v) is 6.49. The molecule has 1 aliphatic rings. The van der Waals surface area contributed by atoms with Crippen molar-refractivity contribution in [2.24, 2.45) is 4.99 Å². The maximum Gasteiger partial charge on any atom is 0.409 e. The Hall–Kier alpha value is -1.83. The number of carbonyl (C=O) groups excluding carboxylic acids is 1. The number of aromatic nitrogens is 1. The third kappa shape index (κ3) is 4.59. The molecule has 0 unspecified atom stereocenters. The van der Waals surface area contributed by atoms with Gasteiger partial charge in [0.1, 0.15) is 5.01 Å². The molecule has 22 heavy (non-hydrogen) atoms. The van der Waals surface area contributed by atoms with Crippen molar-refractivity contribution in [2.45, 2.75) is 32.4 Å². The highest BCUT2D eigenvalue weighted by molar-refractivity contribution is 7.11. The minimum absolute atomic E-state index is 0.250. The third-order valence-corrected chi connectivity index (χ3v) is 4.48. The summed E-state index contributed by atoms with van der Waals surface area (Å²) in [5.74, 6) is 0.768. The van der Waals surface area contributed by atoms with Crippen LogP contribution in [0.25, 0.3) is 0 Å². The molecule has 0 radical (unpaired) electrons. The van der Waals surface area contributed by atoms with E-state index >= 15 is 0 Å². The summed E-state index contributed by atoms with van der Waals surface area (Å²) in [5, 5.41) is 7.71. The number of thiazole rings is 1. The molecule has 1 amide bonds. The zero-order valence-corrected chi connectivity index (χ0v) is 14.1. The van der Waals surface area contributed by atoms with E-state index in [0.717, 1.165) is 23.8 Å². The van der Waals surface area contributed by atoms with Crippen molar-refractivity contribution in [1.29, 1.82) is 0 Å². The SMILES string of the molecule is CN=C(NCc1ncc(C)s1)NC1CCN(C(=O)OC)CC1. The lowest BCUT2D eigenvalue weighted by atomic mass is 10.1. The van der Waals surface area contributed by atoms with Crippen LogP contribution in [0.1, 0.15) is 22.7 Å². The molecule has 7 nitrogen and oxygen atoms in total. The number of carbonyl (C=O) groups is 1. The summed E-state index contributed by atoms with van der Waals surface area (Å²) in [6, 6.07) is 0.310. The Morgan fingerprint density at radius 2 is 2.27 bits per heavy atom. The van der Waals surface area contributed by atoms with E-state index in [9.17, 15) is 4.79 Å².